The molecular weight excluding hydrogens is 212 g/mol. The Kier molecular flexibility index (Phi) is 2.46. The minimum Gasteiger partial charge on any atom is -0.331 e. The maximum atomic E-state index is 12.4. The fourth-order valence-corrected chi connectivity index (χ4v) is 3.06. The molecule has 3 rings (SSSR count). The average molecular weight is 228 g/mol. The smallest absolute Gasteiger partial charge is 0.272 e. The van der Waals surface area contributed by atoms with E-state index in [1.54, 1.807) is 12.3 Å². The van der Waals surface area contributed by atoms with Crippen molar-refractivity contribution in [2.45, 2.75) is 37.8 Å². The predicted octanol–water partition coefficient (Wildman–Crippen LogP) is 2.40. The SMILES string of the molecule is C=C1CC2CCC(C1)N2C(=O)c1ccccn1. The first-order valence-corrected chi connectivity index (χ1v) is 6.16. The van der Waals surface area contributed by atoms with Crippen molar-refractivity contribution >= 4 is 5.91 Å². The van der Waals surface area contributed by atoms with Crippen molar-refractivity contribution in [1.29, 1.82) is 0 Å². The van der Waals surface area contributed by atoms with E-state index in [-0.39, 0.29) is 5.91 Å². The highest BCUT2D eigenvalue weighted by Crippen LogP contribution is 2.38. The van der Waals surface area contributed by atoms with E-state index >= 15 is 0 Å². The maximum Gasteiger partial charge on any atom is 0.272 e. The van der Waals surface area contributed by atoms with Crippen LogP contribution in [-0.4, -0.2) is 27.9 Å². The summed E-state index contributed by atoms with van der Waals surface area (Å²) in [6.45, 7) is 4.07. The highest BCUT2D eigenvalue weighted by Gasteiger charge is 2.41. The minimum atomic E-state index is 0.0885. The van der Waals surface area contributed by atoms with E-state index in [4.69, 9.17) is 0 Å². The molecule has 0 aliphatic carbocycles. The number of nitrogens with zero attached hydrogens (tertiary/aromatic N) is 2. The number of fused-ring (bicyclic) bond motifs is 2. The molecule has 2 atom stereocenters. The van der Waals surface area contributed by atoms with Gasteiger partial charge in [-0.05, 0) is 37.8 Å². The molecule has 2 bridgehead atoms. The van der Waals surface area contributed by atoms with Crippen LogP contribution in [0.25, 0.3) is 0 Å². The Balaban J connectivity index is 1.86. The van der Waals surface area contributed by atoms with Gasteiger partial charge in [-0.15, -0.1) is 0 Å². The summed E-state index contributed by atoms with van der Waals surface area (Å²) in [5.41, 5.74) is 1.86. The number of aromatic nitrogens is 1. The zero-order valence-electron chi connectivity index (χ0n) is 9.80. The topological polar surface area (TPSA) is 33.2 Å². The second-order valence-corrected chi connectivity index (χ2v) is 4.97. The third-order valence-corrected chi connectivity index (χ3v) is 3.79. The minimum absolute atomic E-state index is 0.0885. The molecule has 0 saturated carbocycles. The molecule has 2 aliphatic rings. The monoisotopic (exact) mass is 228 g/mol. The third-order valence-electron chi connectivity index (χ3n) is 3.79. The van der Waals surface area contributed by atoms with Gasteiger partial charge in [0.25, 0.3) is 5.91 Å². The van der Waals surface area contributed by atoms with Crippen molar-refractivity contribution in [1.82, 2.24) is 9.88 Å². The Bertz CT molecular complexity index is 439. The summed E-state index contributed by atoms with van der Waals surface area (Å²) in [5, 5.41) is 0. The van der Waals surface area contributed by atoms with Crippen LogP contribution in [0.1, 0.15) is 36.2 Å². The van der Waals surface area contributed by atoms with Crippen LogP contribution in [0.3, 0.4) is 0 Å². The maximum absolute atomic E-state index is 12.4. The van der Waals surface area contributed by atoms with Gasteiger partial charge in [-0.2, -0.15) is 0 Å². The lowest BCUT2D eigenvalue weighted by atomic mass is 9.98. The predicted molar refractivity (Wildman–Crippen MR) is 65.6 cm³/mol. The van der Waals surface area contributed by atoms with Crippen LogP contribution in [0.2, 0.25) is 0 Å². The number of amides is 1. The molecular formula is C14H16N2O. The number of pyridine rings is 1. The number of hydrogen-bond donors (Lipinski definition) is 0. The molecule has 88 valence electrons. The second kappa shape index (κ2) is 3.99. The van der Waals surface area contributed by atoms with Crippen LogP contribution in [0, 0.1) is 0 Å². The number of carbonyl (C=O) groups excluding carboxylic acids is 1. The normalized spacial score (nSPS) is 27.3. The summed E-state index contributed by atoms with van der Waals surface area (Å²) in [5.74, 6) is 0.0885. The molecule has 1 aromatic rings. The Morgan fingerprint density at radius 1 is 1.29 bits per heavy atom. The van der Waals surface area contributed by atoms with Gasteiger partial charge in [-0.3, -0.25) is 9.78 Å². The van der Waals surface area contributed by atoms with Crippen LogP contribution in [0.4, 0.5) is 0 Å². The van der Waals surface area contributed by atoms with Crippen molar-refractivity contribution in [3.05, 3.63) is 42.2 Å². The van der Waals surface area contributed by atoms with Gasteiger partial charge >= 0.3 is 0 Å². The van der Waals surface area contributed by atoms with E-state index in [2.05, 4.69) is 11.6 Å². The van der Waals surface area contributed by atoms with Crippen LogP contribution in [-0.2, 0) is 0 Å². The van der Waals surface area contributed by atoms with Crippen molar-refractivity contribution < 1.29 is 4.79 Å². The van der Waals surface area contributed by atoms with Gasteiger partial charge in [-0.1, -0.05) is 18.2 Å². The molecule has 0 radical (unpaired) electrons. The van der Waals surface area contributed by atoms with E-state index in [0.29, 0.717) is 17.8 Å². The van der Waals surface area contributed by atoms with Crippen LogP contribution in [0.5, 0.6) is 0 Å². The highest BCUT2D eigenvalue weighted by atomic mass is 16.2. The molecule has 2 unspecified atom stereocenters. The number of piperidine rings is 1. The second-order valence-electron chi connectivity index (χ2n) is 4.97. The molecule has 3 nitrogen and oxygen atoms in total. The van der Waals surface area contributed by atoms with Gasteiger partial charge in [0.05, 0.1) is 0 Å². The fourth-order valence-electron chi connectivity index (χ4n) is 3.06. The number of carbonyl (C=O) groups is 1. The summed E-state index contributed by atoms with van der Waals surface area (Å²) in [4.78, 5) is 18.6. The molecule has 1 aromatic heterocycles. The van der Waals surface area contributed by atoms with Gasteiger partial charge in [-0.25, -0.2) is 0 Å². The van der Waals surface area contributed by atoms with Gasteiger partial charge in [0, 0.05) is 18.3 Å². The zero-order chi connectivity index (χ0) is 11.8. The molecule has 0 aromatic carbocycles. The summed E-state index contributed by atoms with van der Waals surface area (Å²) in [6.07, 6.45) is 5.84. The van der Waals surface area contributed by atoms with E-state index in [1.165, 1.54) is 5.57 Å². The summed E-state index contributed by atoms with van der Waals surface area (Å²) < 4.78 is 0. The molecule has 0 N–H and O–H groups in total. The summed E-state index contributed by atoms with van der Waals surface area (Å²) in [6, 6.07) is 6.21. The Hall–Kier alpha value is -1.64. The van der Waals surface area contributed by atoms with Crippen LogP contribution in [0.15, 0.2) is 36.5 Å². The molecule has 17 heavy (non-hydrogen) atoms. The average Bonchev–Trinajstić information content (AvgIpc) is 2.62. The standard InChI is InChI=1S/C14H16N2O/c1-10-8-11-5-6-12(9-10)16(11)14(17)13-4-2-3-7-15-13/h2-4,7,11-12H,1,5-6,8-9H2. The van der Waals surface area contributed by atoms with Gasteiger partial charge in [0.2, 0.25) is 0 Å². The van der Waals surface area contributed by atoms with Gasteiger partial charge in [0.15, 0.2) is 0 Å². The molecule has 1 amide bonds. The lowest BCUT2D eigenvalue weighted by Gasteiger charge is -2.35. The Morgan fingerprint density at radius 3 is 2.59 bits per heavy atom. The lowest BCUT2D eigenvalue weighted by molar-refractivity contribution is 0.0629. The first-order chi connectivity index (χ1) is 8.25. The van der Waals surface area contributed by atoms with E-state index in [0.717, 1.165) is 25.7 Å². The van der Waals surface area contributed by atoms with E-state index in [9.17, 15) is 4.79 Å². The van der Waals surface area contributed by atoms with E-state index in [1.807, 2.05) is 17.0 Å². The van der Waals surface area contributed by atoms with Crippen molar-refractivity contribution in [2.24, 2.45) is 0 Å². The van der Waals surface area contributed by atoms with Crippen molar-refractivity contribution in [3.8, 4) is 0 Å². The summed E-state index contributed by atoms with van der Waals surface area (Å²) in [7, 11) is 0. The van der Waals surface area contributed by atoms with Gasteiger partial charge < -0.3 is 4.90 Å². The fraction of sp³-hybridized carbons (Fsp3) is 0.429. The van der Waals surface area contributed by atoms with Crippen LogP contribution < -0.4 is 0 Å². The Morgan fingerprint density at radius 2 is 2.00 bits per heavy atom. The molecule has 2 aliphatic heterocycles. The molecule has 2 saturated heterocycles. The molecule has 3 heteroatoms. The van der Waals surface area contributed by atoms with Crippen molar-refractivity contribution in [3.63, 3.8) is 0 Å². The molecule has 3 heterocycles. The first kappa shape index (κ1) is 10.5. The molecule has 2 fully saturated rings. The van der Waals surface area contributed by atoms with Gasteiger partial charge in [0.1, 0.15) is 5.69 Å². The quantitative estimate of drug-likeness (QED) is 0.691. The first-order valence-electron chi connectivity index (χ1n) is 6.16. The number of hydrogen-bond acceptors (Lipinski definition) is 2. The van der Waals surface area contributed by atoms with E-state index < -0.39 is 0 Å². The lowest BCUT2D eigenvalue weighted by Crippen LogP contribution is -2.44. The van der Waals surface area contributed by atoms with Crippen LogP contribution >= 0.6 is 0 Å². The zero-order valence-corrected chi connectivity index (χ0v) is 9.80. The Labute approximate surface area is 101 Å². The third kappa shape index (κ3) is 1.75. The molecule has 0 spiro atoms. The summed E-state index contributed by atoms with van der Waals surface area (Å²) >= 11 is 0. The largest absolute Gasteiger partial charge is 0.331 e. The number of rotatable bonds is 1. The highest BCUT2D eigenvalue weighted by molar-refractivity contribution is 5.93. The van der Waals surface area contributed by atoms with Crippen molar-refractivity contribution in [2.75, 3.05) is 0 Å².